The number of rotatable bonds is 3. The Balaban J connectivity index is 2.63. The van der Waals surface area contributed by atoms with E-state index in [1.54, 1.807) is 12.1 Å². The molecule has 5 nitrogen and oxygen atoms in total. The maximum absolute atomic E-state index is 11.2. The van der Waals surface area contributed by atoms with Gasteiger partial charge in [-0.1, -0.05) is 0 Å². The lowest BCUT2D eigenvalue weighted by atomic mass is 10.4. The van der Waals surface area contributed by atoms with Crippen LogP contribution in [-0.4, -0.2) is 31.3 Å². The average Bonchev–Trinajstić information content (AvgIpc) is 2.05. The summed E-state index contributed by atoms with van der Waals surface area (Å²) in [6.07, 6.45) is 2.51. The lowest BCUT2D eigenvalue weighted by molar-refractivity contribution is -0.113. The molecule has 0 saturated carbocycles. The highest BCUT2D eigenvalue weighted by molar-refractivity contribution is 9.10. The Morgan fingerprint density at radius 3 is 2.67 bits per heavy atom. The first-order valence-corrected chi connectivity index (χ1v) is 6.81. The second-order valence-corrected chi connectivity index (χ2v) is 6.04. The summed E-state index contributed by atoms with van der Waals surface area (Å²) in [6.45, 7) is 0. The number of hydrogen-bond acceptors (Lipinski definition) is 4. The van der Waals surface area contributed by atoms with Crippen molar-refractivity contribution in [2.45, 2.75) is 0 Å². The molecular formula is C8H9BrN2O3S. The van der Waals surface area contributed by atoms with Crippen LogP contribution in [0.15, 0.2) is 22.8 Å². The first-order chi connectivity index (χ1) is 6.87. The zero-order valence-corrected chi connectivity index (χ0v) is 10.3. The van der Waals surface area contributed by atoms with Gasteiger partial charge in [0.2, 0.25) is 5.91 Å². The largest absolute Gasteiger partial charge is 0.310 e. The minimum atomic E-state index is -3.30. The first kappa shape index (κ1) is 12.1. The molecule has 1 heterocycles. The predicted octanol–water partition coefficient (Wildman–Crippen LogP) is 0.827. The molecule has 1 amide bonds. The number of pyridine rings is 1. The fraction of sp³-hybridized carbons (Fsp3) is 0.250. The van der Waals surface area contributed by atoms with Gasteiger partial charge in [-0.25, -0.2) is 13.4 Å². The summed E-state index contributed by atoms with van der Waals surface area (Å²) in [7, 11) is -3.30. The molecule has 0 spiro atoms. The summed E-state index contributed by atoms with van der Waals surface area (Å²) in [5.74, 6) is -0.802. The highest BCUT2D eigenvalue weighted by atomic mass is 79.9. The number of carbonyl (C=O) groups is 1. The van der Waals surface area contributed by atoms with E-state index in [2.05, 4.69) is 26.2 Å². The lowest BCUT2D eigenvalue weighted by Crippen LogP contribution is -2.22. The summed E-state index contributed by atoms with van der Waals surface area (Å²) in [6, 6.07) is 3.27. The van der Waals surface area contributed by atoms with Crippen LogP contribution >= 0.6 is 15.9 Å². The van der Waals surface area contributed by atoms with Crippen molar-refractivity contribution in [3.63, 3.8) is 0 Å². The maximum atomic E-state index is 11.2. The van der Waals surface area contributed by atoms with Crippen LogP contribution in [0, 0.1) is 0 Å². The van der Waals surface area contributed by atoms with Crippen LogP contribution in [0.1, 0.15) is 0 Å². The van der Waals surface area contributed by atoms with Crippen LogP contribution in [0.4, 0.5) is 5.82 Å². The van der Waals surface area contributed by atoms with E-state index in [0.717, 1.165) is 10.7 Å². The van der Waals surface area contributed by atoms with Crippen LogP contribution in [0.25, 0.3) is 0 Å². The molecule has 82 valence electrons. The predicted molar refractivity (Wildman–Crippen MR) is 60.3 cm³/mol. The van der Waals surface area contributed by atoms with Crippen LogP contribution in [0.3, 0.4) is 0 Å². The molecular weight excluding hydrogens is 284 g/mol. The van der Waals surface area contributed by atoms with E-state index in [-0.39, 0.29) is 0 Å². The van der Waals surface area contributed by atoms with E-state index in [9.17, 15) is 13.2 Å². The van der Waals surface area contributed by atoms with Crippen LogP contribution in [0.2, 0.25) is 0 Å². The zero-order chi connectivity index (χ0) is 11.5. The van der Waals surface area contributed by atoms with Gasteiger partial charge >= 0.3 is 0 Å². The number of sulfone groups is 1. The topological polar surface area (TPSA) is 76.1 Å². The molecule has 1 N–H and O–H groups in total. The van der Waals surface area contributed by atoms with Gasteiger partial charge in [0, 0.05) is 16.9 Å². The van der Waals surface area contributed by atoms with Gasteiger partial charge in [0.25, 0.3) is 0 Å². The molecule has 0 aliphatic rings. The second-order valence-electron chi connectivity index (χ2n) is 2.98. The van der Waals surface area contributed by atoms with Gasteiger partial charge in [0.05, 0.1) is 0 Å². The first-order valence-electron chi connectivity index (χ1n) is 3.96. The Kier molecular flexibility index (Phi) is 3.81. The monoisotopic (exact) mass is 292 g/mol. The fourth-order valence-corrected chi connectivity index (χ4v) is 1.65. The molecule has 0 radical (unpaired) electrons. The third-order valence-corrected chi connectivity index (χ3v) is 2.64. The molecule has 7 heteroatoms. The zero-order valence-electron chi connectivity index (χ0n) is 7.90. The third kappa shape index (κ3) is 4.89. The van der Waals surface area contributed by atoms with Gasteiger partial charge < -0.3 is 5.32 Å². The minimum absolute atomic E-state index is 0.326. The van der Waals surface area contributed by atoms with Crippen LogP contribution < -0.4 is 5.32 Å². The summed E-state index contributed by atoms with van der Waals surface area (Å²) in [5, 5.41) is 2.38. The van der Waals surface area contributed by atoms with E-state index >= 15 is 0 Å². The minimum Gasteiger partial charge on any atom is -0.310 e. The molecule has 0 aromatic carbocycles. The Morgan fingerprint density at radius 1 is 1.53 bits per heavy atom. The van der Waals surface area contributed by atoms with Crippen molar-refractivity contribution in [3.8, 4) is 0 Å². The van der Waals surface area contributed by atoms with Crippen molar-refractivity contribution in [2.75, 3.05) is 17.3 Å². The molecule has 1 rings (SSSR count). The summed E-state index contributed by atoms with van der Waals surface area (Å²) in [5.41, 5.74) is 0. The highest BCUT2D eigenvalue weighted by Gasteiger charge is 2.10. The number of nitrogens with zero attached hydrogens (tertiary/aromatic N) is 1. The highest BCUT2D eigenvalue weighted by Crippen LogP contribution is 2.10. The molecule has 0 bridgehead atoms. The molecule has 0 aliphatic heterocycles. The Morgan fingerprint density at radius 2 is 2.20 bits per heavy atom. The average molecular weight is 293 g/mol. The van der Waals surface area contributed by atoms with E-state index in [0.29, 0.717) is 5.82 Å². The molecule has 0 fully saturated rings. The summed E-state index contributed by atoms with van der Waals surface area (Å²) < 4.78 is 22.4. The molecule has 1 aromatic heterocycles. The van der Waals surface area contributed by atoms with E-state index in [1.807, 2.05) is 0 Å². The maximum Gasteiger partial charge on any atom is 0.240 e. The number of aromatic nitrogens is 1. The second kappa shape index (κ2) is 4.71. The van der Waals surface area contributed by atoms with Crippen molar-refractivity contribution in [1.82, 2.24) is 4.98 Å². The number of anilines is 1. The van der Waals surface area contributed by atoms with E-state index in [1.165, 1.54) is 6.20 Å². The summed E-state index contributed by atoms with van der Waals surface area (Å²) >= 11 is 3.19. The molecule has 0 unspecified atom stereocenters. The van der Waals surface area contributed by atoms with Crippen LogP contribution in [0.5, 0.6) is 0 Å². The number of halogens is 1. The Bertz CT molecular complexity index is 455. The van der Waals surface area contributed by atoms with Crippen molar-refractivity contribution >= 4 is 37.5 Å². The van der Waals surface area contributed by atoms with Crippen molar-refractivity contribution in [1.29, 1.82) is 0 Å². The SMILES string of the molecule is CS(=O)(=O)CC(=O)Nc1ccc(Br)cn1. The lowest BCUT2D eigenvalue weighted by Gasteiger charge is -2.02. The van der Waals surface area contributed by atoms with E-state index < -0.39 is 21.5 Å². The summed E-state index contributed by atoms with van der Waals surface area (Å²) in [4.78, 5) is 15.0. The molecule has 1 aromatic rings. The van der Waals surface area contributed by atoms with Gasteiger partial charge in [-0.15, -0.1) is 0 Å². The third-order valence-electron chi connectivity index (χ3n) is 1.39. The quantitative estimate of drug-likeness (QED) is 0.895. The van der Waals surface area contributed by atoms with Gasteiger partial charge in [0.1, 0.15) is 11.6 Å². The van der Waals surface area contributed by atoms with Crippen LogP contribution in [-0.2, 0) is 14.6 Å². The fourth-order valence-electron chi connectivity index (χ4n) is 0.867. The smallest absolute Gasteiger partial charge is 0.240 e. The Hall–Kier alpha value is -0.950. The van der Waals surface area contributed by atoms with E-state index in [4.69, 9.17) is 0 Å². The van der Waals surface area contributed by atoms with Crippen molar-refractivity contribution in [3.05, 3.63) is 22.8 Å². The van der Waals surface area contributed by atoms with Crippen molar-refractivity contribution in [2.24, 2.45) is 0 Å². The number of carbonyl (C=O) groups excluding carboxylic acids is 1. The normalized spacial score (nSPS) is 11.1. The van der Waals surface area contributed by atoms with Gasteiger partial charge in [-0.2, -0.15) is 0 Å². The molecule has 0 aliphatic carbocycles. The number of hydrogen-bond donors (Lipinski definition) is 1. The van der Waals surface area contributed by atoms with Crippen molar-refractivity contribution < 1.29 is 13.2 Å². The molecule has 15 heavy (non-hydrogen) atoms. The molecule has 0 saturated heterocycles. The van der Waals surface area contributed by atoms with Gasteiger partial charge in [-0.3, -0.25) is 4.79 Å². The van der Waals surface area contributed by atoms with Gasteiger partial charge in [0.15, 0.2) is 9.84 Å². The standard InChI is InChI=1S/C8H9BrN2O3S/c1-15(13,14)5-8(12)11-7-3-2-6(9)4-10-7/h2-4H,5H2,1H3,(H,10,11,12). The number of amides is 1. The van der Waals surface area contributed by atoms with Gasteiger partial charge in [-0.05, 0) is 28.1 Å². The Labute approximate surface area is 96.0 Å². The molecule has 0 atom stereocenters. The number of nitrogens with one attached hydrogen (secondary N) is 1.